The van der Waals surface area contributed by atoms with Gasteiger partial charge in [0.2, 0.25) is 5.91 Å². The molecule has 0 aliphatic heterocycles. The lowest BCUT2D eigenvalue weighted by molar-refractivity contribution is -0.138. The Balaban J connectivity index is 1.45. The largest absolute Gasteiger partial charge is 0.416 e. The van der Waals surface area contributed by atoms with E-state index in [1.807, 2.05) is 30.5 Å². The third-order valence-electron chi connectivity index (χ3n) is 7.29. The third-order valence-corrected chi connectivity index (χ3v) is 7.67. The molecular weight excluding hydrogens is 561 g/mol. The normalized spacial score (nSPS) is 13.9. The Bertz CT molecular complexity index is 1420. The predicted octanol–water partition coefficient (Wildman–Crippen LogP) is 5.58. The Morgan fingerprint density at radius 1 is 1.14 bits per heavy atom. The maximum atomic E-state index is 13.8. The fourth-order valence-electron chi connectivity index (χ4n) is 5.30. The number of imidazole rings is 1. The summed E-state index contributed by atoms with van der Waals surface area (Å²) >= 11 is 5.71. The van der Waals surface area contributed by atoms with E-state index in [2.05, 4.69) is 21.7 Å². The van der Waals surface area contributed by atoms with Crippen molar-refractivity contribution >= 4 is 23.2 Å². The van der Waals surface area contributed by atoms with Gasteiger partial charge in [0, 0.05) is 37.6 Å². The molecule has 222 valence electrons. The van der Waals surface area contributed by atoms with E-state index in [0.717, 1.165) is 37.3 Å². The van der Waals surface area contributed by atoms with Crippen molar-refractivity contribution in [1.82, 2.24) is 25.1 Å². The molecule has 0 unspecified atom stereocenters. The maximum Gasteiger partial charge on any atom is 0.416 e. The SMILES string of the molecule is CC(C)(CN(Cc1ccccc1C(F)(F)F)C(=S)NC1CCCC1)NC(=O)Cc1cncn1Cc1ccc(C#N)cc1. The number of nitriles is 1. The minimum atomic E-state index is -4.49. The van der Waals surface area contributed by atoms with Crippen molar-refractivity contribution in [3.8, 4) is 6.07 Å². The average Bonchev–Trinajstić information content (AvgIpc) is 3.60. The summed E-state index contributed by atoms with van der Waals surface area (Å²) in [7, 11) is 0. The first-order valence-electron chi connectivity index (χ1n) is 13.9. The molecule has 42 heavy (non-hydrogen) atoms. The van der Waals surface area contributed by atoms with Crippen molar-refractivity contribution in [3.05, 3.63) is 89.0 Å². The molecule has 2 aromatic carbocycles. The summed E-state index contributed by atoms with van der Waals surface area (Å²) in [6.07, 6.45) is 2.96. The summed E-state index contributed by atoms with van der Waals surface area (Å²) < 4.78 is 43.2. The van der Waals surface area contributed by atoms with Crippen LogP contribution in [0.25, 0.3) is 0 Å². The second kappa shape index (κ2) is 13.4. The summed E-state index contributed by atoms with van der Waals surface area (Å²) in [4.78, 5) is 19.1. The minimum Gasteiger partial charge on any atom is -0.360 e. The molecule has 1 aromatic heterocycles. The summed E-state index contributed by atoms with van der Waals surface area (Å²) in [5.74, 6) is -0.244. The standard InChI is InChI=1S/C31H35F3N6OS/c1-30(2,38-28(41)15-26-17-36-21-40(26)18-23-13-11-22(16-35)12-14-23)20-39(29(42)37-25-8-4-5-9-25)19-24-7-3-6-10-27(24)31(32,33)34/h3,6-7,10-14,17,21,25H,4-5,8-9,15,18-20H2,1-2H3,(H,37,42)(H,38,41). The Morgan fingerprint density at radius 2 is 1.83 bits per heavy atom. The number of benzene rings is 2. The Hall–Kier alpha value is -3.91. The Kier molecular flexibility index (Phi) is 9.89. The molecule has 2 N–H and O–H groups in total. The highest BCUT2D eigenvalue weighted by Gasteiger charge is 2.34. The van der Waals surface area contributed by atoms with E-state index < -0.39 is 17.3 Å². The minimum absolute atomic E-state index is 0.0507. The van der Waals surface area contributed by atoms with Gasteiger partial charge in [0.05, 0.1) is 35.5 Å². The number of hydrogen-bond donors (Lipinski definition) is 2. The van der Waals surface area contributed by atoms with Crippen LogP contribution in [0.4, 0.5) is 13.2 Å². The van der Waals surface area contributed by atoms with E-state index in [9.17, 15) is 18.0 Å². The van der Waals surface area contributed by atoms with Crippen LogP contribution < -0.4 is 10.6 Å². The summed E-state index contributed by atoms with van der Waals surface area (Å²) in [5.41, 5.74) is 0.850. The monoisotopic (exact) mass is 596 g/mol. The van der Waals surface area contributed by atoms with Crippen LogP contribution in [-0.4, -0.2) is 43.6 Å². The molecule has 1 amide bonds. The Labute approximate surface area is 249 Å². The first kappa shape index (κ1) is 31.0. The van der Waals surface area contributed by atoms with Crippen LogP contribution in [-0.2, 0) is 30.5 Å². The van der Waals surface area contributed by atoms with E-state index in [1.54, 1.807) is 35.6 Å². The molecule has 11 heteroatoms. The zero-order chi connectivity index (χ0) is 30.3. The second-order valence-corrected chi connectivity index (χ2v) is 11.8. The van der Waals surface area contributed by atoms with Gasteiger partial charge in [-0.25, -0.2) is 4.98 Å². The van der Waals surface area contributed by atoms with E-state index in [-0.39, 0.29) is 37.0 Å². The van der Waals surface area contributed by atoms with Crippen molar-refractivity contribution in [2.45, 2.75) is 76.8 Å². The van der Waals surface area contributed by atoms with Gasteiger partial charge in [-0.15, -0.1) is 0 Å². The molecule has 0 spiro atoms. The maximum absolute atomic E-state index is 13.8. The third kappa shape index (κ3) is 8.55. The smallest absolute Gasteiger partial charge is 0.360 e. The lowest BCUT2D eigenvalue weighted by Crippen LogP contribution is -2.55. The van der Waals surface area contributed by atoms with Crippen LogP contribution in [0.5, 0.6) is 0 Å². The molecular formula is C31H35F3N6OS. The summed E-state index contributed by atoms with van der Waals surface area (Å²) in [6.45, 7) is 4.31. The molecule has 0 bridgehead atoms. The number of nitrogens with one attached hydrogen (secondary N) is 2. The van der Waals surface area contributed by atoms with Gasteiger partial charge < -0.3 is 20.1 Å². The number of alkyl halides is 3. The van der Waals surface area contributed by atoms with Gasteiger partial charge in [-0.1, -0.05) is 43.2 Å². The highest BCUT2D eigenvalue weighted by molar-refractivity contribution is 7.80. The van der Waals surface area contributed by atoms with Gasteiger partial charge in [-0.05, 0) is 68.2 Å². The second-order valence-electron chi connectivity index (χ2n) is 11.4. The highest BCUT2D eigenvalue weighted by Crippen LogP contribution is 2.32. The topological polar surface area (TPSA) is 86.0 Å². The van der Waals surface area contributed by atoms with Crippen molar-refractivity contribution in [2.24, 2.45) is 0 Å². The number of amides is 1. The van der Waals surface area contributed by atoms with Crippen LogP contribution in [0, 0.1) is 11.3 Å². The van der Waals surface area contributed by atoms with Crippen molar-refractivity contribution in [2.75, 3.05) is 6.54 Å². The van der Waals surface area contributed by atoms with Crippen molar-refractivity contribution in [1.29, 1.82) is 5.26 Å². The molecule has 1 aliphatic carbocycles. The van der Waals surface area contributed by atoms with Gasteiger partial charge in [0.15, 0.2) is 5.11 Å². The number of thiocarbonyl (C=S) groups is 1. The van der Waals surface area contributed by atoms with E-state index in [4.69, 9.17) is 17.5 Å². The Morgan fingerprint density at radius 3 is 2.50 bits per heavy atom. The quantitative estimate of drug-likeness (QED) is 0.298. The molecule has 7 nitrogen and oxygen atoms in total. The average molecular weight is 597 g/mol. The van der Waals surface area contributed by atoms with E-state index in [0.29, 0.717) is 22.9 Å². The number of halogens is 3. The van der Waals surface area contributed by atoms with Gasteiger partial charge in [0.1, 0.15) is 0 Å². The van der Waals surface area contributed by atoms with Crippen LogP contribution >= 0.6 is 12.2 Å². The summed E-state index contributed by atoms with van der Waals surface area (Å²) in [6, 6.07) is 15.0. The number of carbonyl (C=O) groups excluding carboxylic acids is 1. The number of nitrogens with zero attached hydrogens (tertiary/aromatic N) is 4. The number of carbonyl (C=O) groups is 1. The van der Waals surface area contributed by atoms with Gasteiger partial charge in [-0.2, -0.15) is 18.4 Å². The van der Waals surface area contributed by atoms with Crippen LogP contribution in [0.2, 0.25) is 0 Å². The number of aromatic nitrogens is 2. The van der Waals surface area contributed by atoms with Crippen LogP contribution in [0.3, 0.4) is 0 Å². The first-order valence-corrected chi connectivity index (χ1v) is 14.3. The molecule has 3 aromatic rings. The molecule has 0 atom stereocenters. The summed E-state index contributed by atoms with van der Waals surface area (Å²) in [5, 5.41) is 15.8. The fraction of sp³-hybridized carbons (Fsp3) is 0.419. The van der Waals surface area contributed by atoms with Crippen molar-refractivity contribution in [3.63, 3.8) is 0 Å². The van der Waals surface area contributed by atoms with Crippen molar-refractivity contribution < 1.29 is 18.0 Å². The van der Waals surface area contributed by atoms with E-state index in [1.165, 1.54) is 12.1 Å². The molecule has 0 saturated heterocycles. The number of rotatable bonds is 10. The van der Waals surface area contributed by atoms with Crippen LogP contribution in [0.1, 0.15) is 67.5 Å². The zero-order valence-electron chi connectivity index (χ0n) is 23.7. The van der Waals surface area contributed by atoms with Gasteiger partial charge in [0.25, 0.3) is 0 Å². The molecule has 1 aliphatic rings. The van der Waals surface area contributed by atoms with E-state index >= 15 is 0 Å². The van der Waals surface area contributed by atoms with Gasteiger partial charge in [-0.3, -0.25) is 4.79 Å². The van der Waals surface area contributed by atoms with Gasteiger partial charge >= 0.3 is 6.18 Å². The lowest BCUT2D eigenvalue weighted by Gasteiger charge is -2.36. The number of hydrogen-bond acceptors (Lipinski definition) is 4. The van der Waals surface area contributed by atoms with Crippen LogP contribution in [0.15, 0.2) is 61.1 Å². The molecule has 1 saturated carbocycles. The molecule has 0 radical (unpaired) electrons. The molecule has 1 heterocycles. The molecule has 1 fully saturated rings. The first-order chi connectivity index (χ1) is 19.9. The predicted molar refractivity (Wildman–Crippen MR) is 158 cm³/mol. The molecule has 4 rings (SSSR count). The lowest BCUT2D eigenvalue weighted by atomic mass is 10.0. The highest BCUT2D eigenvalue weighted by atomic mass is 32.1. The fourth-order valence-corrected chi connectivity index (χ4v) is 5.59. The zero-order valence-corrected chi connectivity index (χ0v) is 24.6.